The maximum absolute atomic E-state index is 12.8. The summed E-state index contributed by atoms with van der Waals surface area (Å²) in [6.45, 7) is 5.70. The number of fused-ring (bicyclic) bond motifs is 1. The van der Waals surface area contributed by atoms with Crippen molar-refractivity contribution >= 4 is 17.8 Å². The van der Waals surface area contributed by atoms with Gasteiger partial charge in [0.2, 0.25) is 11.8 Å². The van der Waals surface area contributed by atoms with Crippen molar-refractivity contribution in [1.29, 1.82) is 0 Å². The number of aryl methyl sites for hydroxylation is 1. The molecule has 2 heterocycles. The SMILES string of the molecule is CCN1C(=O)[C@@H]2[C@@H](C1=O)[C@](C)(C(=O)OC)N[C@H]2c1ccc(C)cc1. The number of imide groups is 1. The molecule has 2 aliphatic rings. The number of nitrogens with zero attached hydrogens (tertiary/aromatic N) is 1. The molecule has 2 amide bonds. The number of rotatable bonds is 3. The van der Waals surface area contributed by atoms with E-state index in [9.17, 15) is 14.4 Å². The van der Waals surface area contributed by atoms with Gasteiger partial charge in [-0.15, -0.1) is 0 Å². The molecule has 6 heteroatoms. The van der Waals surface area contributed by atoms with Gasteiger partial charge in [0, 0.05) is 12.6 Å². The van der Waals surface area contributed by atoms with Gasteiger partial charge in [0.1, 0.15) is 5.54 Å². The number of hydrogen-bond donors (Lipinski definition) is 1. The van der Waals surface area contributed by atoms with Gasteiger partial charge in [-0.1, -0.05) is 29.8 Å². The van der Waals surface area contributed by atoms with Crippen LogP contribution in [0.1, 0.15) is 31.0 Å². The minimum Gasteiger partial charge on any atom is -0.468 e. The molecule has 0 aromatic heterocycles. The summed E-state index contributed by atoms with van der Waals surface area (Å²) in [4.78, 5) is 39.2. The summed E-state index contributed by atoms with van der Waals surface area (Å²) in [6, 6.07) is 7.38. The lowest BCUT2D eigenvalue weighted by Gasteiger charge is -2.28. The molecule has 6 nitrogen and oxygen atoms in total. The Morgan fingerprint density at radius 1 is 1.25 bits per heavy atom. The summed E-state index contributed by atoms with van der Waals surface area (Å²) in [5.41, 5.74) is 0.779. The van der Waals surface area contributed by atoms with E-state index >= 15 is 0 Å². The predicted octanol–water partition coefficient (Wildman–Crippen LogP) is 1.19. The highest BCUT2D eigenvalue weighted by Crippen LogP contribution is 2.48. The van der Waals surface area contributed by atoms with Crippen LogP contribution in [0.5, 0.6) is 0 Å². The molecule has 0 aliphatic carbocycles. The summed E-state index contributed by atoms with van der Waals surface area (Å²) < 4.78 is 4.92. The Balaban J connectivity index is 2.09. The quantitative estimate of drug-likeness (QED) is 0.665. The molecule has 0 bridgehead atoms. The van der Waals surface area contributed by atoms with Gasteiger partial charge in [0.05, 0.1) is 18.9 Å². The molecule has 2 saturated heterocycles. The number of methoxy groups -OCH3 is 1. The summed E-state index contributed by atoms with van der Waals surface area (Å²) >= 11 is 0. The van der Waals surface area contributed by atoms with Crippen LogP contribution >= 0.6 is 0 Å². The lowest BCUT2D eigenvalue weighted by molar-refractivity contribution is -0.153. The topological polar surface area (TPSA) is 75.7 Å². The molecule has 0 radical (unpaired) electrons. The maximum Gasteiger partial charge on any atom is 0.326 e. The molecule has 0 unspecified atom stereocenters. The maximum atomic E-state index is 12.8. The molecule has 2 fully saturated rings. The summed E-state index contributed by atoms with van der Waals surface area (Å²) in [7, 11) is 1.29. The van der Waals surface area contributed by atoms with E-state index in [0.29, 0.717) is 6.54 Å². The largest absolute Gasteiger partial charge is 0.468 e. The third kappa shape index (κ3) is 2.17. The number of benzene rings is 1. The Bertz CT molecular complexity index is 699. The second kappa shape index (κ2) is 5.70. The second-order valence-corrected chi connectivity index (χ2v) is 6.65. The van der Waals surface area contributed by atoms with E-state index in [1.807, 2.05) is 31.2 Å². The first kappa shape index (κ1) is 16.6. The van der Waals surface area contributed by atoms with Crippen LogP contribution in [0.3, 0.4) is 0 Å². The molecular formula is C18H22N2O4. The smallest absolute Gasteiger partial charge is 0.326 e. The fourth-order valence-electron chi connectivity index (χ4n) is 3.97. The molecule has 1 aromatic carbocycles. The van der Waals surface area contributed by atoms with Crippen molar-refractivity contribution in [2.75, 3.05) is 13.7 Å². The van der Waals surface area contributed by atoms with Crippen molar-refractivity contribution in [3.63, 3.8) is 0 Å². The molecule has 24 heavy (non-hydrogen) atoms. The Morgan fingerprint density at radius 3 is 2.42 bits per heavy atom. The Labute approximate surface area is 141 Å². The van der Waals surface area contributed by atoms with Crippen LogP contribution in [0.2, 0.25) is 0 Å². The minimum atomic E-state index is -1.22. The van der Waals surface area contributed by atoms with E-state index in [1.54, 1.807) is 13.8 Å². The monoisotopic (exact) mass is 330 g/mol. The summed E-state index contributed by atoms with van der Waals surface area (Å²) in [5.74, 6) is -2.39. The van der Waals surface area contributed by atoms with Gasteiger partial charge < -0.3 is 4.74 Å². The van der Waals surface area contributed by atoms with Crippen LogP contribution in [0.15, 0.2) is 24.3 Å². The zero-order valence-corrected chi connectivity index (χ0v) is 14.3. The fourth-order valence-corrected chi connectivity index (χ4v) is 3.97. The fraction of sp³-hybridized carbons (Fsp3) is 0.500. The van der Waals surface area contributed by atoms with Crippen molar-refractivity contribution in [2.24, 2.45) is 11.8 Å². The normalized spacial score (nSPS) is 32.2. The van der Waals surface area contributed by atoms with Gasteiger partial charge in [-0.2, -0.15) is 0 Å². The van der Waals surface area contributed by atoms with Crippen LogP contribution in [0, 0.1) is 18.8 Å². The number of ether oxygens (including phenoxy) is 1. The lowest BCUT2D eigenvalue weighted by atomic mass is 9.80. The van der Waals surface area contributed by atoms with E-state index < -0.39 is 29.4 Å². The number of carbonyl (C=O) groups excluding carboxylic acids is 3. The predicted molar refractivity (Wildman–Crippen MR) is 86.9 cm³/mol. The van der Waals surface area contributed by atoms with Crippen LogP contribution < -0.4 is 5.32 Å². The first-order chi connectivity index (χ1) is 11.3. The van der Waals surface area contributed by atoms with Crippen LogP contribution in [-0.2, 0) is 19.1 Å². The molecule has 3 rings (SSSR count). The van der Waals surface area contributed by atoms with Gasteiger partial charge in [0.15, 0.2) is 0 Å². The second-order valence-electron chi connectivity index (χ2n) is 6.65. The number of likely N-dealkylation sites (tertiary alicyclic amines) is 1. The highest BCUT2D eigenvalue weighted by Gasteiger charge is 2.66. The minimum absolute atomic E-state index is 0.224. The van der Waals surface area contributed by atoms with Gasteiger partial charge in [-0.05, 0) is 26.3 Å². The van der Waals surface area contributed by atoms with Crippen LogP contribution in [0.25, 0.3) is 0 Å². The molecule has 0 spiro atoms. The number of carbonyl (C=O) groups is 3. The summed E-state index contributed by atoms with van der Waals surface area (Å²) in [5, 5.41) is 3.22. The first-order valence-electron chi connectivity index (χ1n) is 8.13. The van der Waals surface area contributed by atoms with Crippen molar-refractivity contribution in [2.45, 2.75) is 32.4 Å². The molecule has 2 aliphatic heterocycles. The molecular weight excluding hydrogens is 308 g/mol. The van der Waals surface area contributed by atoms with Gasteiger partial charge in [-0.3, -0.25) is 24.6 Å². The Hall–Kier alpha value is -2.21. The third-order valence-corrected chi connectivity index (χ3v) is 5.24. The van der Waals surface area contributed by atoms with Crippen molar-refractivity contribution in [3.8, 4) is 0 Å². The highest BCUT2D eigenvalue weighted by atomic mass is 16.5. The van der Waals surface area contributed by atoms with Crippen molar-refractivity contribution in [3.05, 3.63) is 35.4 Å². The van der Waals surface area contributed by atoms with E-state index in [1.165, 1.54) is 12.0 Å². The molecule has 4 atom stereocenters. The summed E-state index contributed by atoms with van der Waals surface area (Å²) in [6.07, 6.45) is 0. The van der Waals surface area contributed by atoms with Crippen LogP contribution in [-0.4, -0.2) is 41.9 Å². The molecule has 0 saturated carbocycles. The third-order valence-electron chi connectivity index (χ3n) is 5.24. The van der Waals surface area contributed by atoms with Crippen molar-refractivity contribution < 1.29 is 19.1 Å². The lowest BCUT2D eigenvalue weighted by Crippen LogP contribution is -2.53. The molecule has 1 N–H and O–H groups in total. The van der Waals surface area contributed by atoms with E-state index in [0.717, 1.165) is 11.1 Å². The molecule has 128 valence electrons. The number of esters is 1. The average molecular weight is 330 g/mol. The number of nitrogens with one attached hydrogen (secondary N) is 1. The van der Waals surface area contributed by atoms with Crippen LogP contribution in [0.4, 0.5) is 0 Å². The Morgan fingerprint density at radius 2 is 1.88 bits per heavy atom. The van der Waals surface area contributed by atoms with Gasteiger partial charge in [-0.25, -0.2) is 0 Å². The zero-order valence-electron chi connectivity index (χ0n) is 14.3. The van der Waals surface area contributed by atoms with E-state index in [-0.39, 0.29) is 11.8 Å². The van der Waals surface area contributed by atoms with Gasteiger partial charge in [0.25, 0.3) is 0 Å². The average Bonchev–Trinajstić information content (AvgIpc) is 3.02. The highest BCUT2D eigenvalue weighted by molar-refractivity contribution is 6.09. The number of amides is 2. The Kier molecular flexibility index (Phi) is 3.95. The van der Waals surface area contributed by atoms with E-state index in [4.69, 9.17) is 4.74 Å². The first-order valence-corrected chi connectivity index (χ1v) is 8.13. The standard InChI is InChI=1S/C18H22N2O4/c1-5-20-15(21)12-13(16(20)22)18(3,17(23)24-4)19-14(12)11-8-6-10(2)7-9-11/h6-9,12-14,19H,5H2,1-4H3/t12-,13+,14+,18-/m1/s1. The zero-order chi connectivity index (χ0) is 17.6. The number of hydrogen-bond acceptors (Lipinski definition) is 5. The van der Waals surface area contributed by atoms with E-state index in [2.05, 4.69) is 5.32 Å². The van der Waals surface area contributed by atoms with Crippen molar-refractivity contribution in [1.82, 2.24) is 10.2 Å². The molecule has 1 aromatic rings. The van der Waals surface area contributed by atoms with Gasteiger partial charge >= 0.3 is 5.97 Å².